The Labute approximate surface area is 118 Å². The zero-order valence-corrected chi connectivity index (χ0v) is 12.8. The minimum Gasteiger partial charge on any atom is -0.308 e. The molecule has 1 aliphatic carbocycles. The summed E-state index contributed by atoms with van der Waals surface area (Å²) in [6.45, 7) is 6.76. The lowest BCUT2D eigenvalue weighted by atomic mass is 10.2. The van der Waals surface area contributed by atoms with E-state index in [0.29, 0.717) is 17.3 Å². The van der Waals surface area contributed by atoms with Crippen LogP contribution in [0.2, 0.25) is 0 Å². The highest BCUT2D eigenvalue weighted by Crippen LogP contribution is 2.56. The Morgan fingerprint density at radius 3 is 2.63 bits per heavy atom. The van der Waals surface area contributed by atoms with Crippen LogP contribution < -0.4 is 0 Å². The number of halogens is 1. The van der Waals surface area contributed by atoms with Gasteiger partial charge < -0.3 is 4.57 Å². The zero-order chi connectivity index (χ0) is 13.8. The highest BCUT2D eigenvalue weighted by Gasteiger charge is 2.49. The maximum atomic E-state index is 6.09. The van der Waals surface area contributed by atoms with Crippen molar-refractivity contribution >= 4 is 22.8 Å². The molecule has 2 aromatic heterocycles. The number of hydrogen-bond acceptors (Lipinski definition) is 2. The average Bonchev–Trinajstić information content (AvgIpc) is 2.73. The monoisotopic (exact) mass is 280 g/mol. The number of alkyl halides is 1. The minimum atomic E-state index is 0.351. The highest BCUT2D eigenvalue weighted by atomic mass is 35.5. The van der Waals surface area contributed by atoms with Crippen molar-refractivity contribution in [1.29, 1.82) is 0 Å². The first-order chi connectivity index (χ1) is 8.99. The molecule has 1 saturated carbocycles. The van der Waals surface area contributed by atoms with Gasteiger partial charge in [0.2, 0.25) is 0 Å². The van der Waals surface area contributed by atoms with Crippen LogP contribution in [0.3, 0.4) is 0 Å². The van der Waals surface area contributed by atoms with Crippen LogP contribution in [0.1, 0.15) is 51.2 Å². The lowest BCUT2D eigenvalue weighted by Gasteiger charge is -2.09. The summed E-state index contributed by atoms with van der Waals surface area (Å²) in [7, 11) is 2.01. The average molecular weight is 281 g/mol. The number of imidazole rings is 1. The first kappa shape index (κ1) is 13.0. The van der Waals surface area contributed by atoms with Crippen molar-refractivity contribution in [2.24, 2.45) is 12.5 Å². The van der Waals surface area contributed by atoms with Crippen LogP contribution in [0.15, 0.2) is 0 Å². The van der Waals surface area contributed by atoms with Crippen LogP contribution in [-0.2, 0) is 19.3 Å². The highest BCUT2D eigenvalue weighted by molar-refractivity contribution is 6.16. The van der Waals surface area contributed by atoms with Crippen LogP contribution in [0.25, 0.3) is 11.2 Å². The maximum Gasteiger partial charge on any atom is 0.158 e. The van der Waals surface area contributed by atoms with Crippen molar-refractivity contribution in [3.63, 3.8) is 0 Å². The van der Waals surface area contributed by atoms with Crippen molar-refractivity contribution in [3.8, 4) is 0 Å². The van der Waals surface area contributed by atoms with E-state index in [0.717, 1.165) is 35.5 Å². The Balaban J connectivity index is 2.19. The largest absolute Gasteiger partial charge is 0.308 e. The molecule has 19 heavy (non-hydrogen) atoms. The van der Waals surface area contributed by atoms with Crippen molar-refractivity contribution in [2.45, 2.75) is 52.0 Å². The van der Waals surface area contributed by atoms with Crippen LogP contribution >= 0.6 is 11.6 Å². The van der Waals surface area contributed by atoms with E-state index in [1.807, 2.05) is 11.7 Å². The standard InChI is InChI=1S/C14H21ClN4/c1-5-6-9-12-13(18(4)17-9)19(11(8-15)16-12)10-7-14(10,2)3/h10H,5-8H2,1-4H3. The van der Waals surface area contributed by atoms with E-state index in [-0.39, 0.29) is 0 Å². The van der Waals surface area contributed by atoms with Gasteiger partial charge in [-0.1, -0.05) is 27.2 Å². The van der Waals surface area contributed by atoms with E-state index in [9.17, 15) is 0 Å². The lowest BCUT2D eigenvalue weighted by Crippen LogP contribution is -2.08. The number of hydrogen-bond donors (Lipinski definition) is 0. The van der Waals surface area contributed by atoms with Crippen LogP contribution in [0.4, 0.5) is 0 Å². The Hall–Kier alpha value is -1.03. The van der Waals surface area contributed by atoms with Gasteiger partial charge in [0, 0.05) is 13.1 Å². The van der Waals surface area contributed by atoms with E-state index in [2.05, 4.69) is 30.4 Å². The van der Waals surface area contributed by atoms with E-state index < -0.39 is 0 Å². The third kappa shape index (κ3) is 1.88. The summed E-state index contributed by atoms with van der Waals surface area (Å²) in [5.41, 5.74) is 3.63. The molecule has 4 nitrogen and oxygen atoms in total. The molecule has 5 heteroatoms. The molecule has 0 amide bonds. The molecule has 1 unspecified atom stereocenters. The second kappa shape index (κ2) is 4.23. The Bertz CT molecular complexity index is 623. The van der Waals surface area contributed by atoms with Gasteiger partial charge in [-0.05, 0) is 18.3 Å². The van der Waals surface area contributed by atoms with Crippen molar-refractivity contribution < 1.29 is 0 Å². The number of aryl methyl sites for hydroxylation is 2. The molecule has 1 fully saturated rings. The van der Waals surface area contributed by atoms with Crippen LogP contribution in [0, 0.1) is 5.41 Å². The van der Waals surface area contributed by atoms with Crippen molar-refractivity contribution in [1.82, 2.24) is 19.3 Å². The second-order valence-corrected chi connectivity index (χ2v) is 6.50. The number of aromatic nitrogens is 4. The molecule has 0 aliphatic heterocycles. The fourth-order valence-corrected chi connectivity index (χ4v) is 3.14. The SMILES string of the molecule is CCCc1nn(C)c2c1nc(CCl)n2C1CC1(C)C. The van der Waals surface area contributed by atoms with Gasteiger partial charge in [0.1, 0.15) is 11.3 Å². The predicted octanol–water partition coefficient (Wildman–Crippen LogP) is 3.43. The summed E-state index contributed by atoms with van der Waals surface area (Å²) in [6, 6.07) is 0.510. The van der Waals surface area contributed by atoms with Gasteiger partial charge in [0.05, 0.1) is 11.6 Å². The molecule has 0 saturated heterocycles. The third-order valence-electron chi connectivity index (χ3n) is 4.19. The second-order valence-electron chi connectivity index (χ2n) is 6.23. The van der Waals surface area contributed by atoms with Crippen molar-refractivity contribution in [2.75, 3.05) is 0 Å². The summed E-state index contributed by atoms with van der Waals surface area (Å²) >= 11 is 6.09. The zero-order valence-electron chi connectivity index (χ0n) is 12.1. The smallest absolute Gasteiger partial charge is 0.158 e. The van der Waals surface area contributed by atoms with E-state index >= 15 is 0 Å². The molecule has 3 rings (SSSR count). The fraction of sp³-hybridized carbons (Fsp3) is 0.714. The molecule has 0 bridgehead atoms. The minimum absolute atomic E-state index is 0.351. The van der Waals surface area contributed by atoms with Gasteiger partial charge in [0.25, 0.3) is 0 Å². The van der Waals surface area contributed by atoms with Crippen LogP contribution in [0.5, 0.6) is 0 Å². The van der Waals surface area contributed by atoms with Gasteiger partial charge in [-0.2, -0.15) is 5.10 Å². The summed E-state index contributed by atoms with van der Waals surface area (Å²) in [5.74, 6) is 1.45. The van der Waals surface area contributed by atoms with Gasteiger partial charge in [-0.3, -0.25) is 4.68 Å². The van der Waals surface area contributed by atoms with E-state index in [4.69, 9.17) is 16.6 Å². The molecule has 1 aliphatic rings. The first-order valence-corrected chi connectivity index (χ1v) is 7.51. The normalized spacial score (nSPS) is 21.2. The quantitative estimate of drug-likeness (QED) is 0.805. The Morgan fingerprint density at radius 1 is 1.42 bits per heavy atom. The van der Waals surface area contributed by atoms with Crippen molar-refractivity contribution in [3.05, 3.63) is 11.5 Å². The third-order valence-corrected chi connectivity index (χ3v) is 4.43. The Kier molecular flexibility index (Phi) is 2.89. The molecule has 0 spiro atoms. The first-order valence-electron chi connectivity index (χ1n) is 6.98. The number of nitrogens with zero attached hydrogens (tertiary/aromatic N) is 4. The van der Waals surface area contributed by atoms with Crippen LogP contribution in [-0.4, -0.2) is 19.3 Å². The molecule has 2 aromatic rings. The number of fused-ring (bicyclic) bond motifs is 1. The summed E-state index contributed by atoms with van der Waals surface area (Å²) in [6.07, 6.45) is 3.25. The summed E-state index contributed by atoms with van der Waals surface area (Å²) in [5, 5.41) is 4.62. The number of rotatable bonds is 4. The molecule has 104 valence electrons. The molecule has 2 heterocycles. The molecule has 1 atom stereocenters. The summed E-state index contributed by atoms with van der Waals surface area (Å²) in [4.78, 5) is 4.75. The molecular formula is C14H21ClN4. The molecule has 0 N–H and O–H groups in total. The van der Waals surface area contributed by atoms with Gasteiger partial charge in [0.15, 0.2) is 5.65 Å². The lowest BCUT2D eigenvalue weighted by molar-refractivity contribution is 0.532. The molecule has 0 radical (unpaired) electrons. The fourth-order valence-electron chi connectivity index (χ4n) is 2.95. The molecule has 0 aromatic carbocycles. The van der Waals surface area contributed by atoms with E-state index in [1.165, 1.54) is 6.42 Å². The Morgan fingerprint density at radius 2 is 2.11 bits per heavy atom. The predicted molar refractivity (Wildman–Crippen MR) is 77.5 cm³/mol. The van der Waals surface area contributed by atoms with Gasteiger partial charge in [-0.15, -0.1) is 11.6 Å². The molecular weight excluding hydrogens is 260 g/mol. The van der Waals surface area contributed by atoms with E-state index in [1.54, 1.807) is 0 Å². The topological polar surface area (TPSA) is 35.6 Å². The summed E-state index contributed by atoms with van der Waals surface area (Å²) < 4.78 is 4.28. The van der Waals surface area contributed by atoms with Gasteiger partial charge in [-0.25, -0.2) is 4.98 Å². The van der Waals surface area contributed by atoms with Gasteiger partial charge >= 0.3 is 0 Å². The maximum absolute atomic E-state index is 6.09.